The van der Waals surface area contributed by atoms with Crippen molar-refractivity contribution in [2.45, 2.75) is 70.4 Å². The lowest BCUT2D eigenvalue weighted by Gasteiger charge is -2.41. The fourth-order valence-corrected chi connectivity index (χ4v) is 3.67. The van der Waals surface area contributed by atoms with Crippen molar-refractivity contribution in [1.82, 2.24) is 15.2 Å². The zero-order chi connectivity index (χ0) is 17.9. The number of hydrogen-bond donors (Lipinski definition) is 1. The lowest BCUT2D eigenvalue weighted by Crippen LogP contribution is -2.60. The molecule has 2 heterocycles. The first-order valence-corrected chi connectivity index (χ1v) is 9.48. The molecular weight excluding hydrogens is 318 g/mol. The molecule has 0 unspecified atom stereocenters. The Morgan fingerprint density at radius 3 is 2.52 bits per heavy atom. The molecule has 1 aliphatic heterocycles. The number of hydrogen-bond acceptors (Lipinski definition) is 5. The molecule has 2 fully saturated rings. The van der Waals surface area contributed by atoms with Crippen LogP contribution in [0, 0.1) is 0 Å². The number of morpholine rings is 1. The van der Waals surface area contributed by atoms with Gasteiger partial charge >= 0.3 is 0 Å². The van der Waals surface area contributed by atoms with Crippen molar-refractivity contribution in [2.24, 2.45) is 0 Å². The van der Waals surface area contributed by atoms with Gasteiger partial charge in [0.05, 0.1) is 31.0 Å². The summed E-state index contributed by atoms with van der Waals surface area (Å²) in [7, 11) is 0. The van der Waals surface area contributed by atoms with E-state index in [1.54, 1.807) is 6.26 Å². The van der Waals surface area contributed by atoms with Crippen LogP contribution in [0.3, 0.4) is 0 Å². The molecule has 1 saturated carbocycles. The highest BCUT2D eigenvalue weighted by Gasteiger charge is 2.42. The van der Waals surface area contributed by atoms with Crippen LogP contribution in [0.25, 0.3) is 0 Å². The van der Waals surface area contributed by atoms with E-state index in [4.69, 9.17) is 9.15 Å². The zero-order valence-corrected chi connectivity index (χ0v) is 15.8. The molecule has 1 aromatic rings. The van der Waals surface area contributed by atoms with E-state index in [0.717, 1.165) is 31.4 Å². The van der Waals surface area contributed by atoms with Gasteiger partial charge in [-0.1, -0.05) is 40.0 Å². The summed E-state index contributed by atoms with van der Waals surface area (Å²) in [6.07, 6.45) is 6.87. The minimum atomic E-state index is -0.480. The van der Waals surface area contributed by atoms with Gasteiger partial charge in [0, 0.05) is 18.5 Å². The third-order valence-corrected chi connectivity index (χ3v) is 5.31. The molecule has 0 radical (unpaired) electrons. The van der Waals surface area contributed by atoms with Crippen molar-refractivity contribution in [3.05, 3.63) is 17.8 Å². The fourth-order valence-electron chi connectivity index (χ4n) is 3.67. The Bertz CT molecular complexity index is 579. The van der Waals surface area contributed by atoms with E-state index in [0.29, 0.717) is 38.7 Å². The average Bonchev–Trinajstić information content (AvgIpc) is 3.10. The molecule has 0 bridgehead atoms. The second-order valence-electron chi connectivity index (χ2n) is 8.28. The second-order valence-corrected chi connectivity index (χ2v) is 8.28. The summed E-state index contributed by atoms with van der Waals surface area (Å²) in [6, 6.07) is 0. The smallest absolute Gasteiger partial charge is 0.243 e. The number of nitrogens with zero attached hydrogens (tertiary/aromatic N) is 2. The second kappa shape index (κ2) is 7.46. The summed E-state index contributed by atoms with van der Waals surface area (Å²) < 4.78 is 11.0. The van der Waals surface area contributed by atoms with Crippen LogP contribution in [0.1, 0.15) is 64.5 Å². The Hall–Kier alpha value is -1.40. The van der Waals surface area contributed by atoms with E-state index >= 15 is 0 Å². The van der Waals surface area contributed by atoms with Crippen LogP contribution >= 0.6 is 0 Å². The molecule has 2 aliphatic rings. The van der Waals surface area contributed by atoms with Gasteiger partial charge in [-0.3, -0.25) is 10.1 Å². The van der Waals surface area contributed by atoms with E-state index in [-0.39, 0.29) is 11.3 Å². The number of rotatable bonds is 4. The molecule has 1 aliphatic carbocycles. The molecule has 6 nitrogen and oxygen atoms in total. The van der Waals surface area contributed by atoms with Crippen LogP contribution < -0.4 is 5.32 Å². The van der Waals surface area contributed by atoms with Crippen LogP contribution in [0.4, 0.5) is 0 Å². The number of nitrogens with one attached hydrogen (secondary N) is 1. The molecule has 1 saturated heterocycles. The Balaban J connectivity index is 1.70. The van der Waals surface area contributed by atoms with Crippen molar-refractivity contribution >= 4 is 5.91 Å². The maximum absolute atomic E-state index is 13.2. The zero-order valence-electron chi connectivity index (χ0n) is 15.8. The SMILES string of the molecule is CC(C)(C)c1coc(CNC2(C(=O)N3CCOCC3)CCCCC2)n1. The van der Waals surface area contributed by atoms with Gasteiger partial charge < -0.3 is 14.1 Å². The Labute approximate surface area is 150 Å². The number of carbonyl (C=O) groups is 1. The van der Waals surface area contributed by atoms with Gasteiger partial charge in [0.1, 0.15) is 6.26 Å². The first-order chi connectivity index (χ1) is 11.9. The van der Waals surface area contributed by atoms with Crippen molar-refractivity contribution in [3.8, 4) is 0 Å². The maximum atomic E-state index is 13.2. The molecule has 1 amide bonds. The number of carbonyl (C=O) groups excluding carboxylic acids is 1. The van der Waals surface area contributed by atoms with E-state index in [9.17, 15) is 4.79 Å². The summed E-state index contributed by atoms with van der Waals surface area (Å²) in [4.78, 5) is 19.8. The van der Waals surface area contributed by atoms with Crippen molar-refractivity contribution < 1.29 is 13.9 Å². The summed E-state index contributed by atoms with van der Waals surface area (Å²) >= 11 is 0. The van der Waals surface area contributed by atoms with E-state index in [1.165, 1.54) is 6.42 Å². The van der Waals surface area contributed by atoms with Gasteiger partial charge in [-0.2, -0.15) is 0 Å². The standard InChI is InChI=1S/C19H31N3O3/c1-18(2,3)15-14-25-16(21-15)13-20-19(7-5-4-6-8-19)17(23)22-9-11-24-12-10-22/h14,20H,4-13H2,1-3H3. The summed E-state index contributed by atoms with van der Waals surface area (Å²) in [5, 5.41) is 3.52. The van der Waals surface area contributed by atoms with Gasteiger partial charge in [-0.05, 0) is 12.8 Å². The Kier molecular flexibility index (Phi) is 5.49. The first-order valence-electron chi connectivity index (χ1n) is 9.48. The lowest BCUT2D eigenvalue weighted by molar-refractivity contribution is -0.144. The van der Waals surface area contributed by atoms with Gasteiger partial charge in [0.2, 0.25) is 11.8 Å². The van der Waals surface area contributed by atoms with Crippen molar-refractivity contribution in [1.29, 1.82) is 0 Å². The van der Waals surface area contributed by atoms with Crippen LogP contribution in [0.5, 0.6) is 0 Å². The molecule has 0 atom stereocenters. The number of aromatic nitrogens is 1. The molecule has 1 N–H and O–H groups in total. The highest BCUT2D eigenvalue weighted by Crippen LogP contribution is 2.31. The first kappa shape index (κ1) is 18.4. The quantitative estimate of drug-likeness (QED) is 0.905. The van der Waals surface area contributed by atoms with E-state index in [2.05, 4.69) is 31.1 Å². The molecule has 1 aromatic heterocycles. The average molecular weight is 349 g/mol. The summed E-state index contributed by atoms with van der Waals surface area (Å²) in [6.45, 7) is 9.50. The molecule has 140 valence electrons. The molecule has 6 heteroatoms. The van der Waals surface area contributed by atoms with Gasteiger partial charge in [-0.25, -0.2) is 4.98 Å². The minimum absolute atomic E-state index is 0.0338. The third kappa shape index (κ3) is 4.23. The minimum Gasteiger partial charge on any atom is -0.447 e. The van der Waals surface area contributed by atoms with Crippen LogP contribution in [-0.2, 0) is 21.5 Å². The number of ether oxygens (including phenoxy) is 1. The third-order valence-electron chi connectivity index (χ3n) is 5.31. The maximum Gasteiger partial charge on any atom is 0.243 e. The monoisotopic (exact) mass is 349 g/mol. The number of oxazole rings is 1. The highest BCUT2D eigenvalue weighted by molar-refractivity contribution is 5.86. The Morgan fingerprint density at radius 1 is 1.24 bits per heavy atom. The largest absolute Gasteiger partial charge is 0.447 e. The van der Waals surface area contributed by atoms with E-state index < -0.39 is 5.54 Å². The van der Waals surface area contributed by atoms with Gasteiger partial charge in [-0.15, -0.1) is 0 Å². The predicted octanol–water partition coefficient (Wildman–Crippen LogP) is 2.62. The molecule has 0 aromatic carbocycles. The van der Waals surface area contributed by atoms with Crippen LogP contribution in [0.2, 0.25) is 0 Å². The van der Waals surface area contributed by atoms with Crippen molar-refractivity contribution in [3.63, 3.8) is 0 Å². The lowest BCUT2D eigenvalue weighted by atomic mass is 9.80. The summed E-state index contributed by atoms with van der Waals surface area (Å²) in [5.41, 5.74) is 0.432. The van der Waals surface area contributed by atoms with Gasteiger partial charge in [0.15, 0.2) is 0 Å². The normalized spacial score (nSPS) is 21.3. The van der Waals surface area contributed by atoms with Crippen LogP contribution in [-0.4, -0.2) is 47.6 Å². The topological polar surface area (TPSA) is 67.6 Å². The van der Waals surface area contributed by atoms with Gasteiger partial charge in [0.25, 0.3) is 0 Å². The molecule has 3 rings (SSSR count). The highest BCUT2D eigenvalue weighted by atomic mass is 16.5. The fraction of sp³-hybridized carbons (Fsp3) is 0.789. The number of amides is 1. The molecule has 25 heavy (non-hydrogen) atoms. The van der Waals surface area contributed by atoms with Crippen molar-refractivity contribution in [2.75, 3.05) is 26.3 Å². The Morgan fingerprint density at radius 2 is 1.92 bits per heavy atom. The molecular formula is C19H31N3O3. The van der Waals surface area contributed by atoms with E-state index in [1.807, 2.05) is 4.90 Å². The molecule has 0 spiro atoms. The summed E-state index contributed by atoms with van der Waals surface area (Å²) in [5.74, 6) is 0.878. The predicted molar refractivity (Wildman–Crippen MR) is 95.3 cm³/mol. The van der Waals surface area contributed by atoms with Crippen LogP contribution in [0.15, 0.2) is 10.7 Å².